The smallest absolute Gasteiger partial charge is 0.124 e. The maximum Gasteiger partial charge on any atom is 0.124 e. The lowest BCUT2D eigenvalue weighted by atomic mass is 10.0. The summed E-state index contributed by atoms with van der Waals surface area (Å²) in [6.07, 6.45) is 0.923. The van der Waals surface area contributed by atoms with E-state index in [4.69, 9.17) is 9.84 Å². The Balaban J connectivity index is 2.75. The Morgan fingerprint density at radius 2 is 1.87 bits per heavy atom. The van der Waals surface area contributed by atoms with E-state index in [0.29, 0.717) is 0 Å². The number of hydrogen-bond donors (Lipinski definition) is 2. The number of benzene rings is 1. The molecule has 1 aromatic rings. The summed E-state index contributed by atoms with van der Waals surface area (Å²) < 4.78 is 5.30. The molecular formula is C12H19NO2. The molecule has 0 unspecified atom stereocenters. The number of nitrogens with one attached hydrogen (secondary N) is 1. The van der Waals surface area contributed by atoms with Gasteiger partial charge in [0.1, 0.15) is 5.75 Å². The number of rotatable bonds is 5. The Morgan fingerprint density at radius 3 is 2.33 bits per heavy atom. The van der Waals surface area contributed by atoms with Gasteiger partial charge in [-0.3, -0.25) is 5.32 Å². The Bertz CT molecular complexity index is 300. The zero-order valence-corrected chi connectivity index (χ0v) is 9.63. The maximum absolute atomic E-state index is 8.60. The molecule has 0 aliphatic rings. The Kier molecular flexibility index (Phi) is 4.59. The predicted molar refractivity (Wildman–Crippen MR) is 61.3 cm³/mol. The standard InChI is InChI=1S/C12H19NO2/c1-9-6-11(4-5-13-8-14)7-10(2)12(9)15-3/h6-7,13-14H,4-5,8H2,1-3H3. The fourth-order valence-electron chi connectivity index (χ4n) is 1.82. The summed E-state index contributed by atoms with van der Waals surface area (Å²) in [6, 6.07) is 4.26. The molecular weight excluding hydrogens is 190 g/mol. The highest BCUT2D eigenvalue weighted by Gasteiger charge is 2.04. The van der Waals surface area contributed by atoms with Crippen LogP contribution in [0.2, 0.25) is 0 Å². The van der Waals surface area contributed by atoms with Crippen molar-refractivity contribution in [1.82, 2.24) is 5.32 Å². The van der Waals surface area contributed by atoms with E-state index in [-0.39, 0.29) is 6.73 Å². The highest BCUT2D eigenvalue weighted by molar-refractivity contribution is 5.43. The van der Waals surface area contributed by atoms with Gasteiger partial charge >= 0.3 is 0 Å². The second kappa shape index (κ2) is 5.73. The molecule has 1 rings (SSSR count). The molecule has 0 aromatic heterocycles. The van der Waals surface area contributed by atoms with Crippen LogP contribution in [0.4, 0.5) is 0 Å². The first-order valence-electron chi connectivity index (χ1n) is 5.14. The van der Waals surface area contributed by atoms with Crippen molar-refractivity contribution < 1.29 is 9.84 Å². The number of aryl methyl sites for hydroxylation is 2. The zero-order valence-electron chi connectivity index (χ0n) is 9.63. The molecule has 0 atom stereocenters. The molecule has 2 N–H and O–H groups in total. The summed E-state index contributed by atoms with van der Waals surface area (Å²) in [4.78, 5) is 0. The fraction of sp³-hybridized carbons (Fsp3) is 0.500. The summed E-state index contributed by atoms with van der Waals surface area (Å²) in [5, 5.41) is 11.5. The van der Waals surface area contributed by atoms with Crippen LogP contribution in [-0.2, 0) is 6.42 Å². The molecule has 0 fully saturated rings. The van der Waals surface area contributed by atoms with E-state index in [0.717, 1.165) is 29.8 Å². The highest BCUT2D eigenvalue weighted by atomic mass is 16.5. The Morgan fingerprint density at radius 1 is 1.27 bits per heavy atom. The van der Waals surface area contributed by atoms with Gasteiger partial charge in [0.05, 0.1) is 13.8 Å². The average molecular weight is 209 g/mol. The van der Waals surface area contributed by atoms with E-state index in [1.807, 2.05) is 0 Å². The molecule has 0 bridgehead atoms. The topological polar surface area (TPSA) is 41.5 Å². The highest BCUT2D eigenvalue weighted by Crippen LogP contribution is 2.24. The van der Waals surface area contributed by atoms with E-state index in [1.54, 1.807) is 7.11 Å². The van der Waals surface area contributed by atoms with E-state index in [9.17, 15) is 0 Å². The van der Waals surface area contributed by atoms with Gasteiger partial charge in [-0.2, -0.15) is 0 Å². The van der Waals surface area contributed by atoms with Crippen molar-refractivity contribution >= 4 is 0 Å². The lowest BCUT2D eigenvalue weighted by molar-refractivity contribution is 0.262. The second-order valence-electron chi connectivity index (χ2n) is 3.67. The Hall–Kier alpha value is -1.06. The quantitative estimate of drug-likeness (QED) is 0.569. The first-order valence-corrected chi connectivity index (χ1v) is 5.14. The van der Waals surface area contributed by atoms with E-state index < -0.39 is 0 Å². The van der Waals surface area contributed by atoms with Crippen molar-refractivity contribution in [3.8, 4) is 5.75 Å². The van der Waals surface area contributed by atoms with Gasteiger partial charge in [-0.25, -0.2) is 0 Å². The van der Waals surface area contributed by atoms with Crippen LogP contribution in [0.25, 0.3) is 0 Å². The summed E-state index contributed by atoms with van der Waals surface area (Å²) in [6.45, 7) is 4.93. The van der Waals surface area contributed by atoms with Gasteiger partial charge in [0.15, 0.2) is 0 Å². The first-order chi connectivity index (χ1) is 7.19. The molecule has 0 heterocycles. The summed E-state index contributed by atoms with van der Waals surface area (Å²) in [5.41, 5.74) is 3.60. The van der Waals surface area contributed by atoms with Crippen molar-refractivity contribution in [1.29, 1.82) is 0 Å². The van der Waals surface area contributed by atoms with Crippen LogP contribution in [-0.4, -0.2) is 25.5 Å². The van der Waals surface area contributed by atoms with Gasteiger partial charge in [0, 0.05) is 6.54 Å². The van der Waals surface area contributed by atoms with Gasteiger partial charge in [-0.1, -0.05) is 12.1 Å². The lowest BCUT2D eigenvalue weighted by Crippen LogP contribution is -2.17. The maximum atomic E-state index is 8.60. The van der Waals surface area contributed by atoms with Crippen LogP contribution < -0.4 is 10.1 Å². The number of hydrogen-bond acceptors (Lipinski definition) is 3. The molecule has 0 spiro atoms. The number of aliphatic hydroxyl groups excluding tert-OH is 1. The van der Waals surface area contributed by atoms with Gasteiger partial charge in [-0.15, -0.1) is 0 Å². The molecule has 3 heteroatoms. The van der Waals surface area contributed by atoms with Crippen LogP contribution in [0, 0.1) is 13.8 Å². The number of aliphatic hydroxyl groups is 1. The molecule has 3 nitrogen and oxygen atoms in total. The molecule has 15 heavy (non-hydrogen) atoms. The molecule has 0 amide bonds. The third-order valence-corrected chi connectivity index (χ3v) is 2.43. The molecule has 84 valence electrons. The minimum atomic E-state index is 0.0358. The van der Waals surface area contributed by atoms with Crippen LogP contribution in [0.1, 0.15) is 16.7 Å². The minimum Gasteiger partial charge on any atom is -0.496 e. The average Bonchev–Trinajstić information content (AvgIpc) is 2.18. The predicted octanol–water partition coefficient (Wildman–Crippen LogP) is 1.39. The van der Waals surface area contributed by atoms with Gasteiger partial charge < -0.3 is 9.84 Å². The second-order valence-corrected chi connectivity index (χ2v) is 3.67. The van der Waals surface area contributed by atoms with Crippen LogP contribution in [0.15, 0.2) is 12.1 Å². The largest absolute Gasteiger partial charge is 0.496 e. The van der Waals surface area contributed by atoms with E-state index in [1.165, 1.54) is 5.56 Å². The monoisotopic (exact) mass is 209 g/mol. The van der Waals surface area contributed by atoms with E-state index in [2.05, 4.69) is 31.3 Å². The lowest BCUT2D eigenvalue weighted by Gasteiger charge is -2.11. The number of methoxy groups -OCH3 is 1. The summed E-state index contributed by atoms with van der Waals surface area (Å²) >= 11 is 0. The van der Waals surface area contributed by atoms with Crippen molar-refractivity contribution in [2.75, 3.05) is 20.4 Å². The van der Waals surface area contributed by atoms with Gasteiger partial charge in [-0.05, 0) is 37.0 Å². The zero-order chi connectivity index (χ0) is 11.3. The molecule has 0 radical (unpaired) electrons. The molecule has 1 aromatic carbocycles. The minimum absolute atomic E-state index is 0.0358. The van der Waals surface area contributed by atoms with Crippen molar-refractivity contribution in [3.05, 3.63) is 28.8 Å². The van der Waals surface area contributed by atoms with Crippen LogP contribution >= 0.6 is 0 Å². The van der Waals surface area contributed by atoms with Gasteiger partial charge in [0.25, 0.3) is 0 Å². The van der Waals surface area contributed by atoms with Crippen LogP contribution in [0.5, 0.6) is 5.75 Å². The van der Waals surface area contributed by atoms with Crippen molar-refractivity contribution in [3.63, 3.8) is 0 Å². The van der Waals surface area contributed by atoms with Crippen LogP contribution in [0.3, 0.4) is 0 Å². The summed E-state index contributed by atoms with van der Waals surface area (Å²) in [5.74, 6) is 0.967. The normalized spacial score (nSPS) is 10.4. The molecule has 0 aliphatic heterocycles. The first kappa shape index (κ1) is 12.0. The van der Waals surface area contributed by atoms with E-state index >= 15 is 0 Å². The number of ether oxygens (including phenoxy) is 1. The molecule has 0 saturated heterocycles. The molecule has 0 aliphatic carbocycles. The molecule has 0 saturated carbocycles. The van der Waals surface area contributed by atoms with Gasteiger partial charge in [0.2, 0.25) is 0 Å². The fourth-order valence-corrected chi connectivity index (χ4v) is 1.82. The van der Waals surface area contributed by atoms with Crippen molar-refractivity contribution in [2.45, 2.75) is 20.3 Å². The summed E-state index contributed by atoms with van der Waals surface area (Å²) in [7, 11) is 1.70. The SMILES string of the molecule is COc1c(C)cc(CCNCO)cc1C. The Labute approximate surface area is 91.1 Å². The third-order valence-electron chi connectivity index (χ3n) is 2.43. The van der Waals surface area contributed by atoms with Crippen molar-refractivity contribution in [2.24, 2.45) is 0 Å². The third kappa shape index (κ3) is 3.22.